The summed E-state index contributed by atoms with van der Waals surface area (Å²) in [6.07, 6.45) is 6.06. The number of methoxy groups -OCH3 is 1. The van der Waals surface area contributed by atoms with Gasteiger partial charge in [0.05, 0.1) is 31.7 Å². The van der Waals surface area contributed by atoms with Gasteiger partial charge in [-0.3, -0.25) is 14.4 Å². The third-order valence-corrected chi connectivity index (χ3v) is 8.21. The first-order valence-corrected chi connectivity index (χ1v) is 17.1. The van der Waals surface area contributed by atoms with Crippen LogP contribution in [0.5, 0.6) is 17.2 Å². The Morgan fingerprint density at radius 3 is 2.20 bits per heavy atom. The Labute approximate surface area is 298 Å². The van der Waals surface area contributed by atoms with E-state index in [1.54, 1.807) is 91.0 Å². The van der Waals surface area contributed by atoms with Crippen molar-refractivity contribution in [3.05, 3.63) is 118 Å². The van der Waals surface area contributed by atoms with Gasteiger partial charge in [-0.1, -0.05) is 68.5 Å². The van der Waals surface area contributed by atoms with Gasteiger partial charge in [-0.25, -0.2) is 4.79 Å². The fourth-order valence-electron chi connectivity index (χ4n) is 5.17. The molecular formula is C40H43ClN2O7. The van der Waals surface area contributed by atoms with E-state index in [0.717, 1.165) is 18.4 Å². The molecule has 1 unspecified atom stereocenters. The van der Waals surface area contributed by atoms with E-state index in [1.165, 1.54) is 33.3 Å². The molecule has 0 bridgehead atoms. The van der Waals surface area contributed by atoms with Gasteiger partial charge in [-0.2, -0.15) is 0 Å². The fourth-order valence-corrected chi connectivity index (χ4v) is 5.30. The van der Waals surface area contributed by atoms with Crippen LogP contribution in [0.25, 0.3) is 0 Å². The molecule has 0 aliphatic rings. The highest BCUT2D eigenvalue weighted by Gasteiger charge is 2.21. The number of carbonyl (C=O) groups is 4. The van der Waals surface area contributed by atoms with Crippen LogP contribution >= 0.6 is 11.6 Å². The molecular weight excluding hydrogens is 656 g/mol. The number of nitrogens with one attached hydrogen (secondary N) is 2. The minimum Gasteiger partial charge on any atom is -0.494 e. The molecule has 0 heterocycles. The van der Waals surface area contributed by atoms with Crippen LogP contribution in [0.1, 0.15) is 77.8 Å². The number of hydrogen-bond acceptors (Lipinski definition) is 7. The number of ketones is 1. The van der Waals surface area contributed by atoms with Crippen LogP contribution in [0.2, 0.25) is 5.02 Å². The number of carbonyl (C=O) groups excluding carboxylic acids is 4. The molecule has 4 rings (SSSR count). The van der Waals surface area contributed by atoms with Crippen LogP contribution in [0.4, 0.5) is 5.69 Å². The summed E-state index contributed by atoms with van der Waals surface area (Å²) in [4.78, 5) is 51.2. The third-order valence-electron chi connectivity index (χ3n) is 7.96. The Bertz CT molecular complexity index is 1760. The zero-order valence-electron chi connectivity index (χ0n) is 28.6. The SMILES string of the molecule is CCCCCCCOc1ccc(C(=O)Oc2ccc(CC(NC(=O)c3cccc(NC(=O)Cc4ccc(Cl)cc4)c3)C(C)=O)cc2OC)cc1. The fraction of sp³-hybridized carbons (Fsp3) is 0.300. The maximum atomic E-state index is 13.2. The second-order valence-electron chi connectivity index (χ2n) is 11.9. The number of amides is 2. The Balaban J connectivity index is 1.33. The number of Topliss-reactive ketones (excluding diaryl/α,β-unsaturated/α-hetero) is 1. The van der Waals surface area contributed by atoms with Gasteiger partial charge >= 0.3 is 5.97 Å². The van der Waals surface area contributed by atoms with Gasteiger partial charge in [-0.15, -0.1) is 0 Å². The van der Waals surface area contributed by atoms with Crippen molar-refractivity contribution in [2.45, 2.75) is 64.8 Å². The topological polar surface area (TPSA) is 120 Å². The lowest BCUT2D eigenvalue weighted by atomic mass is 10.0. The van der Waals surface area contributed by atoms with Crippen LogP contribution in [-0.4, -0.2) is 43.3 Å². The minimum absolute atomic E-state index is 0.142. The zero-order valence-corrected chi connectivity index (χ0v) is 29.4. The van der Waals surface area contributed by atoms with Crippen molar-refractivity contribution in [1.29, 1.82) is 0 Å². The number of halogens is 1. The molecule has 2 amide bonds. The van der Waals surface area contributed by atoms with Crippen molar-refractivity contribution in [2.75, 3.05) is 19.0 Å². The van der Waals surface area contributed by atoms with Crippen LogP contribution in [-0.2, 0) is 22.4 Å². The van der Waals surface area contributed by atoms with Gasteiger partial charge in [0.15, 0.2) is 17.3 Å². The van der Waals surface area contributed by atoms with E-state index < -0.39 is 17.9 Å². The smallest absolute Gasteiger partial charge is 0.343 e. The van der Waals surface area contributed by atoms with E-state index in [2.05, 4.69) is 17.6 Å². The first kappa shape index (κ1) is 37.7. The molecule has 0 saturated heterocycles. The molecule has 50 heavy (non-hydrogen) atoms. The molecule has 0 fully saturated rings. The predicted molar refractivity (Wildman–Crippen MR) is 195 cm³/mol. The molecule has 9 nitrogen and oxygen atoms in total. The van der Waals surface area contributed by atoms with E-state index in [0.29, 0.717) is 39.9 Å². The zero-order chi connectivity index (χ0) is 35.9. The van der Waals surface area contributed by atoms with Gasteiger partial charge in [0.25, 0.3) is 5.91 Å². The van der Waals surface area contributed by atoms with Crippen molar-refractivity contribution in [3.8, 4) is 17.2 Å². The van der Waals surface area contributed by atoms with Crippen LogP contribution < -0.4 is 24.8 Å². The van der Waals surface area contributed by atoms with Crippen molar-refractivity contribution in [3.63, 3.8) is 0 Å². The molecule has 0 saturated carbocycles. The summed E-state index contributed by atoms with van der Waals surface area (Å²) in [5, 5.41) is 6.18. The van der Waals surface area contributed by atoms with Gasteiger partial charge in [0.2, 0.25) is 5.91 Å². The molecule has 4 aromatic rings. The van der Waals surface area contributed by atoms with E-state index >= 15 is 0 Å². The second kappa shape index (κ2) is 19.1. The number of rotatable bonds is 18. The lowest BCUT2D eigenvalue weighted by Crippen LogP contribution is -2.41. The predicted octanol–water partition coefficient (Wildman–Crippen LogP) is 8.03. The summed E-state index contributed by atoms with van der Waals surface area (Å²) < 4.78 is 16.9. The van der Waals surface area contributed by atoms with E-state index in [-0.39, 0.29) is 35.8 Å². The molecule has 4 aromatic carbocycles. The lowest BCUT2D eigenvalue weighted by molar-refractivity contribution is -0.119. The summed E-state index contributed by atoms with van der Waals surface area (Å²) in [5.41, 5.74) is 2.57. The molecule has 0 aromatic heterocycles. The number of anilines is 1. The second-order valence-corrected chi connectivity index (χ2v) is 12.4. The molecule has 0 radical (unpaired) electrons. The monoisotopic (exact) mass is 698 g/mol. The van der Waals surface area contributed by atoms with Crippen molar-refractivity contribution < 1.29 is 33.4 Å². The Morgan fingerprint density at radius 2 is 1.50 bits per heavy atom. The van der Waals surface area contributed by atoms with Gasteiger partial charge in [0, 0.05) is 16.3 Å². The van der Waals surface area contributed by atoms with Crippen molar-refractivity contribution in [2.24, 2.45) is 0 Å². The normalized spacial score (nSPS) is 11.3. The van der Waals surface area contributed by atoms with Crippen LogP contribution in [0.3, 0.4) is 0 Å². The van der Waals surface area contributed by atoms with E-state index in [1.807, 2.05) is 0 Å². The van der Waals surface area contributed by atoms with Gasteiger partial charge < -0.3 is 24.8 Å². The maximum Gasteiger partial charge on any atom is 0.343 e. The standard InChI is InChI=1S/C40H43ClN2O7/c1-4-5-6-7-8-22-49-34-19-15-30(16-20-34)40(47)50-36-21-14-29(24-37(36)48-3)23-35(27(2)44)43-39(46)31-10-9-11-33(26-31)42-38(45)25-28-12-17-32(41)18-13-28/h9-21,24,26,35H,4-8,22-23,25H2,1-3H3,(H,42,45)(H,43,46). The minimum atomic E-state index is -0.846. The number of hydrogen-bond donors (Lipinski definition) is 2. The largest absolute Gasteiger partial charge is 0.494 e. The summed E-state index contributed by atoms with van der Waals surface area (Å²) in [7, 11) is 1.45. The number of benzene rings is 4. The quantitative estimate of drug-likeness (QED) is 0.0613. The Kier molecular flexibility index (Phi) is 14.4. The van der Waals surface area contributed by atoms with Crippen LogP contribution in [0, 0.1) is 0 Å². The molecule has 2 N–H and O–H groups in total. The molecule has 0 aliphatic heterocycles. The molecule has 10 heteroatoms. The summed E-state index contributed by atoms with van der Waals surface area (Å²) in [6.45, 7) is 4.21. The Hall–Kier alpha value is -5.15. The highest BCUT2D eigenvalue weighted by Crippen LogP contribution is 2.30. The molecule has 1 atom stereocenters. The summed E-state index contributed by atoms with van der Waals surface area (Å²) in [6, 6.07) is 24.4. The lowest BCUT2D eigenvalue weighted by Gasteiger charge is -2.18. The summed E-state index contributed by atoms with van der Waals surface area (Å²) in [5.74, 6) is -0.318. The average Bonchev–Trinajstić information content (AvgIpc) is 3.11. The first-order chi connectivity index (χ1) is 24.1. The Morgan fingerprint density at radius 1 is 0.780 bits per heavy atom. The van der Waals surface area contributed by atoms with E-state index in [4.69, 9.17) is 25.8 Å². The maximum absolute atomic E-state index is 13.2. The van der Waals surface area contributed by atoms with E-state index in [9.17, 15) is 19.2 Å². The summed E-state index contributed by atoms with van der Waals surface area (Å²) >= 11 is 5.92. The molecule has 262 valence electrons. The average molecular weight is 699 g/mol. The number of ether oxygens (including phenoxy) is 3. The molecule has 0 aliphatic carbocycles. The van der Waals surface area contributed by atoms with Gasteiger partial charge in [0.1, 0.15) is 5.75 Å². The van der Waals surface area contributed by atoms with Crippen molar-refractivity contribution in [1.82, 2.24) is 5.32 Å². The molecule has 0 spiro atoms. The number of esters is 1. The van der Waals surface area contributed by atoms with Crippen LogP contribution in [0.15, 0.2) is 91.0 Å². The van der Waals surface area contributed by atoms with Crippen molar-refractivity contribution >= 4 is 40.9 Å². The number of unbranched alkanes of at least 4 members (excludes halogenated alkanes) is 4. The third kappa shape index (κ3) is 11.8. The first-order valence-electron chi connectivity index (χ1n) is 16.7. The highest BCUT2D eigenvalue weighted by molar-refractivity contribution is 6.30. The van der Waals surface area contributed by atoms with Gasteiger partial charge in [-0.05, 0) is 97.6 Å². The highest BCUT2D eigenvalue weighted by atomic mass is 35.5.